The fourth-order valence-electron chi connectivity index (χ4n) is 0.682. The van der Waals surface area contributed by atoms with Crippen molar-refractivity contribution in [2.45, 2.75) is 6.54 Å². The Kier molecular flexibility index (Phi) is 2.20. The first-order valence-electron chi connectivity index (χ1n) is 3.05. The van der Waals surface area contributed by atoms with Crippen LogP contribution < -0.4 is 5.11 Å². The smallest absolute Gasteiger partial charge is 0.109 e. The number of halogens is 1. The molecule has 0 saturated heterocycles. The normalized spacial score (nSPS) is 9.91. The molecule has 4 nitrogen and oxygen atoms in total. The zero-order valence-electron chi connectivity index (χ0n) is 5.66. The number of carbonyl (C=O) groups is 1. The van der Waals surface area contributed by atoms with Gasteiger partial charge >= 0.3 is 0 Å². The first-order valence-corrected chi connectivity index (χ1v) is 3.05. The summed E-state index contributed by atoms with van der Waals surface area (Å²) in [7, 11) is 0. The summed E-state index contributed by atoms with van der Waals surface area (Å²) in [6.07, 6.45) is 1.39. The Morgan fingerprint density at radius 2 is 2.55 bits per heavy atom. The maximum atomic E-state index is 11.7. The highest BCUT2D eigenvalue weighted by Crippen LogP contribution is 1.93. The first-order chi connectivity index (χ1) is 5.24. The Morgan fingerprint density at radius 1 is 1.82 bits per heavy atom. The van der Waals surface area contributed by atoms with Crippen LogP contribution in [-0.2, 0) is 6.54 Å². The number of carboxylic acids is 1. The van der Waals surface area contributed by atoms with E-state index >= 15 is 0 Å². The van der Waals surface area contributed by atoms with E-state index in [1.54, 1.807) is 0 Å². The Hall–Kier alpha value is -1.39. The van der Waals surface area contributed by atoms with Crippen LogP contribution in [0.4, 0.5) is 4.39 Å². The molecule has 0 aliphatic rings. The van der Waals surface area contributed by atoms with Crippen LogP contribution in [0.15, 0.2) is 12.3 Å². The van der Waals surface area contributed by atoms with Crippen LogP contribution >= 0.6 is 0 Å². The van der Waals surface area contributed by atoms with Gasteiger partial charge in [-0.1, -0.05) is 0 Å². The highest BCUT2D eigenvalue weighted by Gasteiger charge is 1.97. The van der Waals surface area contributed by atoms with E-state index < -0.39 is 12.6 Å². The highest BCUT2D eigenvalue weighted by atomic mass is 19.1. The Balaban J connectivity index is 2.73. The quantitative estimate of drug-likeness (QED) is 0.578. The molecule has 0 aliphatic carbocycles. The van der Waals surface area contributed by atoms with Crippen molar-refractivity contribution in [1.82, 2.24) is 9.78 Å². The summed E-state index contributed by atoms with van der Waals surface area (Å²) >= 11 is 0. The van der Waals surface area contributed by atoms with Crippen LogP contribution in [0.2, 0.25) is 0 Å². The first kappa shape index (κ1) is 7.71. The number of nitrogens with zero attached hydrogens (tertiary/aromatic N) is 2. The molecule has 0 radical (unpaired) electrons. The lowest BCUT2D eigenvalue weighted by Crippen LogP contribution is -2.23. The molecule has 1 heterocycles. The summed E-state index contributed by atoms with van der Waals surface area (Å²) in [5.74, 6) is -1.34. The third-order valence-electron chi connectivity index (χ3n) is 1.16. The molecule has 11 heavy (non-hydrogen) atoms. The number of aromatic carboxylic acids is 1. The van der Waals surface area contributed by atoms with Crippen molar-refractivity contribution < 1.29 is 14.3 Å². The Bertz CT molecular complexity index is 259. The number of aryl methyl sites for hydroxylation is 1. The zero-order valence-corrected chi connectivity index (χ0v) is 5.66. The van der Waals surface area contributed by atoms with Gasteiger partial charge in [-0.05, 0) is 6.07 Å². The van der Waals surface area contributed by atoms with Crippen LogP contribution in [0.5, 0.6) is 0 Å². The largest absolute Gasteiger partial charge is 0.543 e. The average molecular weight is 157 g/mol. The topological polar surface area (TPSA) is 57.9 Å². The van der Waals surface area contributed by atoms with Gasteiger partial charge < -0.3 is 9.90 Å². The molecule has 0 unspecified atom stereocenters. The predicted octanol–water partition coefficient (Wildman–Crippen LogP) is -0.784. The zero-order chi connectivity index (χ0) is 8.27. The molecular weight excluding hydrogens is 151 g/mol. The second kappa shape index (κ2) is 3.14. The lowest BCUT2D eigenvalue weighted by atomic mass is 10.5. The molecule has 1 aromatic heterocycles. The Labute approximate surface area is 62.3 Å². The third-order valence-corrected chi connectivity index (χ3v) is 1.16. The van der Waals surface area contributed by atoms with Gasteiger partial charge in [0, 0.05) is 6.20 Å². The van der Waals surface area contributed by atoms with Crippen molar-refractivity contribution in [3.63, 3.8) is 0 Å². The Morgan fingerprint density at radius 3 is 3.00 bits per heavy atom. The predicted molar refractivity (Wildman–Crippen MR) is 32.5 cm³/mol. The van der Waals surface area contributed by atoms with Gasteiger partial charge in [0.2, 0.25) is 0 Å². The number of hydrogen-bond donors (Lipinski definition) is 0. The lowest BCUT2D eigenvalue weighted by molar-refractivity contribution is -0.255. The van der Waals surface area contributed by atoms with Crippen molar-refractivity contribution in [3.8, 4) is 0 Å². The third kappa shape index (κ3) is 1.76. The van der Waals surface area contributed by atoms with Gasteiger partial charge in [0.15, 0.2) is 0 Å². The SMILES string of the molecule is O=C([O-])c1ccn(CCF)n1. The molecule has 1 rings (SSSR count). The van der Waals surface area contributed by atoms with Gasteiger partial charge in [-0.3, -0.25) is 4.68 Å². The molecule has 0 spiro atoms. The fourth-order valence-corrected chi connectivity index (χ4v) is 0.682. The van der Waals surface area contributed by atoms with Crippen LogP contribution in [0.1, 0.15) is 10.5 Å². The van der Waals surface area contributed by atoms with E-state index in [-0.39, 0.29) is 12.2 Å². The minimum atomic E-state index is -1.34. The summed E-state index contributed by atoms with van der Waals surface area (Å²) < 4.78 is 12.9. The number of rotatable bonds is 3. The second-order valence-corrected chi connectivity index (χ2v) is 1.94. The van der Waals surface area contributed by atoms with Crippen LogP contribution in [0.25, 0.3) is 0 Å². The molecule has 0 aromatic carbocycles. The van der Waals surface area contributed by atoms with E-state index in [1.807, 2.05) is 0 Å². The molecule has 0 N–H and O–H groups in total. The van der Waals surface area contributed by atoms with Gasteiger partial charge in [0.1, 0.15) is 12.4 Å². The van der Waals surface area contributed by atoms with Crippen molar-refractivity contribution in [2.75, 3.05) is 6.67 Å². The molecule has 0 fully saturated rings. The standard InChI is InChI=1S/C6H7FN2O2/c7-2-4-9-3-1-5(8-9)6(10)11/h1,3H,2,4H2,(H,10,11)/p-1. The van der Waals surface area contributed by atoms with E-state index in [1.165, 1.54) is 16.9 Å². The summed E-state index contributed by atoms with van der Waals surface area (Å²) in [6, 6.07) is 1.27. The fraction of sp³-hybridized carbons (Fsp3) is 0.333. The molecule has 1 aromatic rings. The van der Waals surface area contributed by atoms with Gasteiger partial charge in [-0.25, -0.2) is 4.39 Å². The van der Waals surface area contributed by atoms with Gasteiger partial charge in [-0.15, -0.1) is 0 Å². The molecule has 0 saturated carbocycles. The molecule has 0 aliphatic heterocycles. The molecule has 0 bridgehead atoms. The maximum Gasteiger partial charge on any atom is 0.109 e. The molecule has 60 valence electrons. The number of carboxylic acid groups (broad SMARTS) is 1. The molecule has 0 amide bonds. The molecular formula is C6H6FN2O2-. The summed E-state index contributed by atoms with van der Waals surface area (Å²) in [5.41, 5.74) is -0.168. The van der Waals surface area contributed by atoms with E-state index in [0.29, 0.717) is 0 Å². The summed E-state index contributed by atoms with van der Waals surface area (Å²) in [6.45, 7) is -0.485. The van der Waals surface area contributed by atoms with Crippen molar-refractivity contribution in [2.24, 2.45) is 0 Å². The van der Waals surface area contributed by atoms with Crippen molar-refractivity contribution >= 4 is 5.97 Å². The summed E-state index contributed by atoms with van der Waals surface area (Å²) in [5, 5.41) is 13.7. The van der Waals surface area contributed by atoms with E-state index in [0.717, 1.165) is 0 Å². The number of hydrogen-bond acceptors (Lipinski definition) is 3. The minimum absolute atomic E-state index is 0.0767. The van der Waals surface area contributed by atoms with Crippen molar-refractivity contribution in [1.29, 1.82) is 0 Å². The number of aromatic nitrogens is 2. The second-order valence-electron chi connectivity index (χ2n) is 1.94. The minimum Gasteiger partial charge on any atom is -0.543 e. The van der Waals surface area contributed by atoms with Crippen molar-refractivity contribution in [3.05, 3.63) is 18.0 Å². The number of carbonyl (C=O) groups excluding carboxylic acids is 1. The van der Waals surface area contributed by atoms with Gasteiger partial charge in [0.25, 0.3) is 0 Å². The average Bonchev–Trinajstić information content (AvgIpc) is 2.37. The number of alkyl halides is 1. The summed E-state index contributed by atoms with van der Waals surface area (Å²) in [4.78, 5) is 10.1. The molecule has 0 atom stereocenters. The van der Waals surface area contributed by atoms with Crippen LogP contribution in [0.3, 0.4) is 0 Å². The highest BCUT2D eigenvalue weighted by molar-refractivity contribution is 5.83. The van der Waals surface area contributed by atoms with E-state index in [4.69, 9.17) is 0 Å². The monoisotopic (exact) mass is 157 g/mol. The molecule has 5 heteroatoms. The van der Waals surface area contributed by atoms with Crippen LogP contribution in [-0.4, -0.2) is 22.4 Å². The maximum absolute atomic E-state index is 11.7. The lowest BCUT2D eigenvalue weighted by Gasteiger charge is -1.95. The van der Waals surface area contributed by atoms with E-state index in [2.05, 4.69) is 5.10 Å². The van der Waals surface area contributed by atoms with Crippen LogP contribution in [0, 0.1) is 0 Å². The van der Waals surface area contributed by atoms with E-state index in [9.17, 15) is 14.3 Å². The van der Waals surface area contributed by atoms with Gasteiger partial charge in [0.05, 0.1) is 12.5 Å². The van der Waals surface area contributed by atoms with Gasteiger partial charge in [-0.2, -0.15) is 5.10 Å².